The predicted molar refractivity (Wildman–Crippen MR) is 118 cm³/mol. The van der Waals surface area contributed by atoms with Gasteiger partial charge in [-0.05, 0) is 55.5 Å². The molecular formula is C24H19FN2O4S. The van der Waals surface area contributed by atoms with E-state index in [1.807, 2.05) is 19.1 Å². The minimum Gasteiger partial charge on any atom is -0.464 e. The number of hydrogen-bond acceptors (Lipinski definition) is 4. The molecule has 162 valence electrons. The van der Waals surface area contributed by atoms with Gasteiger partial charge in [0.05, 0.1) is 28.2 Å². The molecule has 0 aliphatic heterocycles. The quantitative estimate of drug-likeness (QED) is 0.406. The number of nitrogens with zero attached hydrogens (tertiary/aromatic N) is 1. The molecule has 1 unspecified atom stereocenters. The van der Waals surface area contributed by atoms with Crippen LogP contribution in [-0.2, 0) is 24.4 Å². The minimum atomic E-state index is -1.48. The number of rotatable bonds is 5. The van der Waals surface area contributed by atoms with Gasteiger partial charge < -0.3 is 18.7 Å². The lowest BCUT2D eigenvalue weighted by atomic mass is 10.1. The van der Waals surface area contributed by atoms with E-state index in [1.165, 1.54) is 12.3 Å². The fourth-order valence-electron chi connectivity index (χ4n) is 3.78. The van der Waals surface area contributed by atoms with Crippen molar-refractivity contribution in [2.24, 2.45) is 7.05 Å². The van der Waals surface area contributed by atoms with Crippen LogP contribution in [0.4, 0.5) is 4.39 Å². The van der Waals surface area contributed by atoms with E-state index < -0.39 is 16.6 Å². The number of amides is 1. The van der Waals surface area contributed by atoms with Crippen molar-refractivity contribution in [3.8, 4) is 0 Å². The van der Waals surface area contributed by atoms with E-state index in [4.69, 9.17) is 8.83 Å². The number of nitrogens with one attached hydrogen (secondary N) is 1. The van der Waals surface area contributed by atoms with Crippen molar-refractivity contribution in [1.29, 1.82) is 0 Å². The average Bonchev–Trinajstić information content (AvgIpc) is 3.52. The number of benzene rings is 2. The zero-order valence-electron chi connectivity index (χ0n) is 17.3. The summed E-state index contributed by atoms with van der Waals surface area (Å²) in [5, 5.41) is 4.24. The fraction of sp³-hybridized carbons (Fsp3) is 0.125. The number of carbonyl (C=O) groups excluding carboxylic acids is 1. The predicted octanol–water partition coefficient (Wildman–Crippen LogP) is 5.06. The summed E-state index contributed by atoms with van der Waals surface area (Å²) in [5.74, 6) is -0.803. The average molecular weight is 450 g/mol. The molecule has 32 heavy (non-hydrogen) atoms. The van der Waals surface area contributed by atoms with Gasteiger partial charge in [0.2, 0.25) is 0 Å². The highest BCUT2D eigenvalue weighted by Gasteiger charge is 2.21. The number of hydrogen-bond donors (Lipinski definition) is 1. The maximum absolute atomic E-state index is 14.3. The van der Waals surface area contributed by atoms with Gasteiger partial charge in [0, 0.05) is 40.5 Å². The largest absolute Gasteiger partial charge is 0.464 e. The smallest absolute Gasteiger partial charge is 0.268 e. The van der Waals surface area contributed by atoms with Crippen LogP contribution < -0.4 is 5.32 Å². The molecule has 6 nitrogen and oxygen atoms in total. The topological polar surface area (TPSA) is 77.4 Å². The molecule has 8 heteroatoms. The highest BCUT2D eigenvalue weighted by Crippen LogP contribution is 2.27. The van der Waals surface area contributed by atoms with Crippen molar-refractivity contribution in [2.45, 2.75) is 23.3 Å². The summed E-state index contributed by atoms with van der Waals surface area (Å²) in [7, 11) is 0.262. The van der Waals surface area contributed by atoms with Crippen molar-refractivity contribution in [2.75, 3.05) is 0 Å². The molecule has 3 heterocycles. The monoisotopic (exact) mass is 450 g/mol. The maximum Gasteiger partial charge on any atom is 0.268 e. The molecule has 0 bridgehead atoms. The van der Waals surface area contributed by atoms with Crippen LogP contribution in [0.5, 0.6) is 0 Å². The molecule has 0 aliphatic rings. The van der Waals surface area contributed by atoms with E-state index in [2.05, 4.69) is 5.32 Å². The zero-order valence-corrected chi connectivity index (χ0v) is 18.2. The van der Waals surface area contributed by atoms with Gasteiger partial charge in [-0.3, -0.25) is 4.79 Å². The summed E-state index contributed by atoms with van der Waals surface area (Å²) in [6.07, 6.45) is 3.07. The molecule has 0 saturated carbocycles. The third-order valence-electron chi connectivity index (χ3n) is 5.67. The van der Waals surface area contributed by atoms with Gasteiger partial charge in [0.15, 0.2) is 0 Å². The SMILES string of the molecule is Cc1c(S(=O)c2ccc3occc3c2)cc(C(=O)NCc2c(F)ccc3occc23)n1C. The second-order valence-electron chi connectivity index (χ2n) is 7.47. The fourth-order valence-corrected chi connectivity index (χ4v) is 5.08. The maximum atomic E-state index is 14.3. The highest BCUT2D eigenvalue weighted by atomic mass is 32.2. The van der Waals surface area contributed by atoms with E-state index in [0.29, 0.717) is 37.7 Å². The van der Waals surface area contributed by atoms with E-state index in [-0.39, 0.29) is 12.5 Å². The first-order valence-corrected chi connectivity index (χ1v) is 11.1. The molecule has 0 aliphatic carbocycles. The normalized spacial score (nSPS) is 12.5. The Labute approximate surface area is 185 Å². The van der Waals surface area contributed by atoms with Crippen molar-refractivity contribution >= 4 is 38.6 Å². The lowest BCUT2D eigenvalue weighted by Gasteiger charge is -2.09. The standard InChI is InChI=1S/C24H19FN2O4S/c1-14-23(32(29)16-3-5-21-15(11-16)7-9-30-21)12-20(27(14)2)24(28)26-13-18-17-8-10-31-22(17)6-4-19(18)25/h3-12H,13H2,1-2H3,(H,26,28). The molecule has 1 amide bonds. The molecule has 3 aromatic heterocycles. The Morgan fingerprint density at radius 2 is 1.81 bits per heavy atom. The molecule has 0 spiro atoms. The van der Waals surface area contributed by atoms with Gasteiger partial charge in [-0.1, -0.05) is 0 Å². The van der Waals surface area contributed by atoms with Gasteiger partial charge in [0.25, 0.3) is 5.91 Å². The Balaban J connectivity index is 1.41. The molecule has 0 radical (unpaired) electrons. The van der Waals surface area contributed by atoms with E-state index >= 15 is 0 Å². The van der Waals surface area contributed by atoms with Crippen LogP contribution in [0.15, 0.2) is 79.7 Å². The summed E-state index contributed by atoms with van der Waals surface area (Å²) in [6, 6.07) is 13.3. The van der Waals surface area contributed by atoms with Crippen molar-refractivity contribution in [3.63, 3.8) is 0 Å². The van der Waals surface area contributed by atoms with Gasteiger partial charge >= 0.3 is 0 Å². The lowest BCUT2D eigenvalue weighted by molar-refractivity contribution is 0.0942. The summed E-state index contributed by atoms with van der Waals surface area (Å²) in [5.41, 5.74) is 2.68. The Hall–Kier alpha value is -3.65. The van der Waals surface area contributed by atoms with Gasteiger partial charge in [-0.25, -0.2) is 8.60 Å². The van der Waals surface area contributed by atoms with Gasteiger partial charge in [-0.15, -0.1) is 0 Å². The summed E-state index contributed by atoms with van der Waals surface area (Å²) >= 11 is 0. The molecule has 0 fully saturated rings. The van der Waals surface area contributed by atoms with E-state index in [9.17, 15) is 13.4 Å². The molecule has 5 aromatic rings. The van der Waals surface area contributed by atoms with Crippen LogP contribution in [0.1, 0.15) is 21.7 Å². The number of aromatic nitrogens is 1. The van der Waals surface area contributed by atoms with Crippen LogP contribution in [-0.4, -0.2) is 14.7 Å². The number of halogens is 1. The first-order valence-electron chi connectivity index (χ1n) is 9.92. The summed E-state index contributed by atoms with van der Waals surface area (Å²) in [4.78, 5) is 14.1. The van der Waals surface area contributed by atoms with Crippen LogP contribution >= 0.6 is 0 Å². The second-order valence-corrected chi connectivity index (χ2v) is 8.92. The van der Waals surface area contributed by atoms with Crippen LogP contribution in [0.3, 0.4) is 0 Å². The van der Waals surface area contributed by atoms with Crippen molar-refractivity contribution < 1.29 is 22.2 Å². The Morgan fingerprint density at radius 3 is 2.66 bits per heavy atom. The van der Waals surface area contributed by atoms with Gasteiger partial charge in [-0.2, -0.15) is 0 Å². The van der Waals surface area contributed by atoms with Gasteiger partial charge in [0.1, 0.15) is 22.7 Å². The highest BCUT2D eigenvalue weighted by molar-refractivity contribution is 7.85. The third-order valence-corrected chi connectivity index (χ3v) is 7.17. The molecule has 1 N–H and O–H groups in total. The summed E-state index contributed by atoms with van der Waals surface area (Å²) in [6.45, 7) is 1.81. The van der Waals surface area contributed by atoms with Crippen LogP contribution in [0.2, 0.25) is 0 Å². The number of carbonyl (C=O) groups is 1. The first-order chi connectivity index (χ1) is 15.4. The molecule has 5 rings (SSSR count). The third kappa shape index (κ3) is 3.33. The van der Waals surface area contributed by atoms with Crippen molar-refractivity contribution in [3.05, 3.63) is 83.8 Å². The Bertz CT molecular complexity index is 1510. The van der Waals surface area contributed by atoms with E-state index in [0.717, 1.165) is 11.0 Å². The van der Waals surface area contributed by atoms with Crippen LogP contribution in [0, 0.1) is 12.7 Å². The van der Waals surface area contributed by atoms with Crippen molar-refractivity contribution in [1.82, 2.24) is 9.88 Å². The number of furan rings is 2. The molecular weight excluding hydrogens is 431 g/mol. The number of fused-ring (bicyclic) bond motifs is 2. The molecule has 0 saturated heterocycles. The Kier molecular flexibility index (Phi) is 4.94. The molecule has 1 atom stereocenters. The summed E-state index contributed by atoms with van der Waals surface area (Å²) < 4.78 is 39.9. The first kappa shape index (κ1) is 20.3. The van der Waals surface area contributed by atoms with Crippen LogP contribution in [0.25, 0.3) is 21.9 Å². The Morgan fingerprint density at radius 1 is 1.06 bits per heavy atom. The second kappa shape index (κ2) is 7.80. The van der Waals surface area contributed by atoms with E-state index in [1.54, 1.807) is 48.2 Å². The minimum absolute atomic E-state index is 0.00134. The lowest BCUT2D eigenvalue weighted by Crippen LogP contribution is -2.25. The zero-order chi connectivity index (χ0) is 22.4. The molecule has 2 aromatic carbocycles.